The molecule has 10 rings (SSSR count). The lowest BCUT2D eigenvalue weighted by atomic mass is 9.67. The van der Waals surface area contributed by atoms with E-state index >= 15 is 0 Å². The van der Waals surface area contributed by atoms with Gasteiger partial charge in [0, 0.05) is 16.7 Å². The van der Waals surface area contributed by atoms with Gasteiger partial charge in [-0.05, 0) is 92.0 Å². The van der Waals surface area contributed by atoms with Gasteiger partial charge in [-0.15, -0.1) is 0 Å². The fourth-order valence-corrected chi connectivity index (χ4v) is 8.55. The number of hydrogen-bond acceptors (Lipinski definition) is 3. The first-order valence-electron chi connectivity index (χ1n) is 19.2. The third-order valence-corrected chi connectivity index (χ3v) is 11.2. The lowest BCUT2D eigenvalue weighted by Gasteiger charge is -2.34. The molecule has 0 bridgehead atoms. The minimum absolute atomic E-state index is 0.617. The van der Waals surface area contributed by atoms with E-state index in [4.69, 9.17) is 9.97 Å². The fourth-order valence-electron chi connectivity index (χ4n) is 8.55. The van der Waals surface area contributed by atoms with Gasteiger partial charge in [-0.3, -0.25) is 0 Å². The maximum atomic E-state index is 10.1. The molecule has 266 valence electrons. The highest BCUT2D eigenvalue weighted by atomic mass is 14.9. The van der Waals surface area contributed by atoms with Crippen LogP contribution < -0.4 is 0 Å². The molecule has 1 aromatic heterocycles. The van der Waals surface area contributed by atoms with E-state index in [-0.39, 0.29) is 0 Å². The predicted octanol–water partition coefficient (Wildman–Crippen LogP) is 13.0. The average molecular weight is 726 g/mol. The Morgan fingerprint density at radius 3 is 1.44 bits per heavy atom. The molecule has 0 fully saturated rings. The Morgan fingerprint density at radius 2 is 0.807 bits per heavy atom. The summed E-state index contributed by atoms with van der Waals surface area (Å²) in [5, 5.41) is 10.1. The van der Waals surface area contributed by atoms with Gasteiger partial charge in [0.1, 0.15) is 0 Å². The highest BCUT2D eigenvalue weighted by molar-refractivity contribution is 5.89. The predicted molar refractivity (Wildman–Crippen MR) is 231 cm³/mol. The van der Waals surface area contributed by atoms with Crippen molar-refractivity contribution in [2.75, 3.05) is 0 Å². The molecule has 0 saturated carbocycles. The van der Waals surface area contributed by atoms with E-state index < -0.39 is 5.41 Å². The van der Waals surface area contributed by atoms with Crippen LogP contribution in [0.2, 0.25) is 0 Å². The molecular formula is C54H35N3. The van der Waals surface area contributed by atoms with Gasteiger partial charge in [0.05, 0.1) is 28.4 Å². The normalized spacial score (nSPS) is 12.3. The average Bonchev–Trinajstić information content (AvgIpc) is 3.59. The Balaban J connectivity index is 1.13. The third-order valence-electron chi connectivity index (χ3n) is 11.2. The SMILES string of the molecule is N#Cc1ccc2c(c1)C(c1ccccc1)(c1ccccc1)c1cc(-c3cccc(-c4cc(-c5ccccc5)nc(-c5cccc(-c6ccccc6)c5)n4)c3)ccc1-2. The summed E-state index contributed by atoms with van der Waals surface area (Å²) in [6.07, 6.45) is 0. The van der Waals surface area contributed by atoms with Gasteiger partial charge in [0.25, 0.3) is 0 Å². The van der Waals surface area contributed by atoms with E-state index in [1.807, 2.05) is 30.3 Å². The first-order valence-corrected chi connectivity index (χ1v) is 19.2. The summed E-state index contributed by atoms with van der Waals surface area (Å²) >= 11 is 0. The molecule has 0 amide bonds. The van der Waals surface area contributed by atoms with Crippen LogP contribution in [-0.2, 0) is 5.41 Å². The van der Waals surface area contributed by atoms with Crippen molar-refractivity contribution in [2.24, 2.45) is 0 Å². The summed E-state index contributed by atoms with van der Waals surface area (Å²) in [4.78, 5) is 10.4. The highest BCUT2D eigenvalue weighted by Gasteiger charge is 2.46. The molecule has 57 heavy (non-hydrogen) atoms. The third kappa shape index (κ3) is 5.92. The zero-order chi connectivity index (χ0) is 38.2. The lowest BCUT2D eigenvalue weighted by molar-refractivity contribution is 0.768. The van der Waals surface area contributed by atoms with E-state index in [2.05, 4.69) is 188 Å². The lowest BCUT2D eigenvalue weighted by Crippen LogP contribution is -2.28. The van der Waals surface area contributed by atoms with Gasteiger partial charge in [-0.25, -0.2) is 9.97 Å². The number of nitriles is 1. The summed E-state index contributed by atoms with van der Waals surface area (Å²) in [6.45, 7) is 0. The zero-order valence-corrected chi connectivity index (χ0v) is 31.0. The monoisotopic (exact) mass is 725 g/mol. The molecule has 0 saturated heterocycles. The second kappa shape index (κ2) is 14.2. The quantitative estimate of drug-likeness (QED) is 0.164. The summed E-state index contributed by atoms with van der Waals surface area (Å²) in [5.41, 5.74) is 16.2. The van der Waals surface area contributed by atoms with Gasteiger partial charge >= 0.3 is 0 Å². The van der Waals surface area contributed by atoms with Crippen LogP contribution in [0.1, 0.15) is 27.8 Å². The van der Waals surface area contributed by atoms with E-state index in [9.17, 15) is 5.26 Å². The Bertz CT molecular complexity index is 2910. The summed E-state index contributed by atoms with van der Waals surface area (Å²) in [6, 6.07) is 76.8. The van der Waals surface area contributed by atoms with E-state index in [0.717, 1.165) is 72.6 Å². The van der Waals surface area contributed by atoms with Crippen molar-refractivity contribution in [3.63, 3.8) is 0 Å². The molecule has 3 nitrogen and oxygen atoms in total. The van der Waals surface area contributed by atoms with Gasteiger partial charge in [0.2, 0.25) is 0 Å². The topological polar surface area (TPSA) is 49.6 Å². The summed E-state index contributed by atoms with van der Waals surface area (Å²) < 4.78 is 0. The summed E-state index contributed by atoms with van der Waals surface area (Å²) in [7, 11) is 0. The highest BCUT2D eigenvalue weighted by Crippen LogP contribution is 2.57. The second-order valence-corrected chi connectivity index (χ2v) is 14.5. The Hall–Kier alpha value is -7.67. The molecule has 3 heteroatoms. The van der Waals surface area contributed by atoms with Crippen LogP contribution in [0.25, 0.3) is 67.3 Å². The molecule has 8 aromatic carbocycles. The smallest absolute Gasteiger partial charge is 0.160 e. The minimum atomic E-state index is -0.617. The van der Waals surface area contributed by atoms with Crippen LogP contribution in [0.15, 0.2) is 212 Å². The molecule has 0 radical (unpaired) electrons. The number of fused-ring (bicyclic) bond motifs is 3. The maximum absolute atomic E-state index is 10.1. The first-order chi connectivity index (χ1) is 28.2. The summed E-state index contributed by atoms with van der Waals surface area (Å²) in [5.74, 6) is 0.678. The largest absolute Gasteiger partial charge is 0.228 e. The van der Waals surface area contributed by atoms with Crippen LogP contribution in [0.4, 0.5) is 0 Å². The van der Waals surface area contributed by atoms with Gasteiger partial charge in [-0.1, -0.05) is 176 Å². The maximum Gasteiger partial charge on any atom is 0.160 e. The molecule has 1 heterocycles. The van der Waals surface area contributed by atoms with Gasteiger partial charge in [-0.2, -0.15) is 5.26 Å². The van der Waals surface area contributed by atoms with Gasteiger partial charge < -0.3 is 0 Å². The molecule has 0 spiro atoms. The fraction of sp³-hybridized carbons (Fsp3) is 0.0185. The molecule has 1 aliphatic carbocycles. The number of aromatic nitrogens is 2. The van der Waals surface area contributed by atoms with Gasteiger partial charge in [0.15, 0.2) is 5.82 Å². The van der Waals surface area contributed by atoms with E-state index in [1.54, 1.807) is 0 Å². The number of hydrogen-bond donors (Lipinski definition) is 0. The van der Waals surface area contributed by atoms with Crippen LogP contribution >= 0.6 is 0 Å². The minimum Gasteiger partial charge on any atom is -0.228 e. The Labute approximate surface area is 332 Å². The van der Waals surface area contributed by atoms with Crippen LogP contribution in [0.3, 0.4) is 0 Å². The molecule has 9 aromatic rings. The van der Waals surface area contributed by atoms with Crippen molar-refractivity contribution < 1.29 is 0 Å². The van der Waals surface area contributed by atoms with Crippen molar-refractivity contribution in [1.82, 2.24) is 9.97 Å². The van der Waals surface area contributed by atoms with Crippen molar-refractivity contribution in [3.05, 3.63) is 240 Å². The van der Waals surface area contributed by atoms with E-state index in [1.165, 1.54) is 11.1 Å². The second-order valence-electron chi connectivity index (χ2n) is 14.5. The van der Waals surface area contributed by atoms with Crippen molar-refractivity contribution in [1.29, 1.82) is 5.26 Å². The molecule has 0 unspecified atom stereocenters. The number of benzene rings is 8. The molecule has 0 N–H and O–H groups in total. The van der Waals surface area contributed by atoms with Crippen molar-refractivity contribution in [2.45, 2.75) is 5.41 Å². The van der Waals surface area contributed by atoms with Crippen LogP contribution in [0.5, 0.6) is 0 Å². The van der Waals surface area contributed by atoms with Crippen LogP contribution in [-0.4, -0.2) is 9.97 Å². The van der Waals surface area contributed by atoms with Crippen molar-refractivity contribution >= 4 is 0 Å². The van der Waals surface area contributed by atoms with Crippen molar-refractivity contribution in [3.8, 4) is 73.4 Å². The van der Waals surface area contributed by atoms with Crippen LogP contribution in [0, 0.1) is 11.3 Å². The zero-order valence-electron chi connectivity index (χ0n) is 31.0. The Morgan fingerprint density at radius 1 is 0.351 bits per heavy atom. The Kier molecular flexibility index (Phi) is 8.43. The number of nitrogens with zero attached hydrogens (tertiary/aromatic N) is 3. The molecular weight excluding hydrogens is 691 g/mol. The van der Waals surface area contributed by atoms with E-state index in [0.29, 0.717) is 11.4 Å². The first kappa shape index (κ1) is 33.9. The molecule has 0 atom stereocenters. The molecule has 0 aliphatic heterocycles. The standard InChI is InChI=1S/C54H35N3/c55-36-37-27-29-47-48-30-28-42(34-50(48)54(49(47)31-37,45-23-9-3-10-24-45)46-25-11-4-12-26-46)41-20-13-21-43(32-41)52-35-51(39-17-7-2-8-18-39)56-53(57-52)44-22-14-19-40(33-44)38-15-5-1-6-16-38/h1-35H. The molecule has 1 aliphatic rings. The number of rotatable bonds is 7.